The molecule has 0 aliphatic heterocycles. The van der Waals surface area contributed by atoms with Crippen LogP contribution in [-0.2, 0) is 13.1 Å². The third kappa shape index (κ3) is 3.83. The zero-order chi connectivity index (χ0) is 13.0. The van der Waals surface area contributed by atoms with Gasteiger partial charge in [0.25, 0.3) is 0 Å². The Labute approximate surface area is 120 Å². The average Bonchev–Trinajstić information content (AvgIpc) is 2.75. The lowest BCUT2D eigenvalue weighted by Crippen LogP contribution is -2.19. The molecule has 96 valence electrons. The molecule has 1 N–H and O–H groups in total. The molecule has 0 atom stereocenters. The molecular formula is C13H15BrClN3. The molecule has 2 aromatic rings. The SMILES string of the molecule is Cc1cnn(CCNCc2cc(Cl)ccc2Br)c1. The Morgan fingerprint density at radius 3 is 3.00 bits per heavy atom. The summed E-state index contributed by atoms with van der Waals surface area (Å²) in [5, 5.41) is 8.38. The highest BCUT2D eigenvalue weighted by atomic mass is 79.9. The number of aromatic nitrogens is 2. The molecule has 0 saturated heterocycles. The van der Waals surface area contributed by atoms with Crippen LogP contribution < -0.4 is 5.32 Å². The van der Waals surface area contributed by atoms with Crippen molar-refractivity contribution < 1.29 is 0 Å². The molecule has 1 heterocycles. The number of nitrogens with one attached hydrogen (secondary N) is 1. The fourth-order valence-electron chi connectivity index (χ4n) is 1.68. The van der Waals surface area contributed by atoms with Gasteiger partial charge in [0, 0.05) is 28.8 Å². The Bertz CT molecular complexity index is 525. The second kappa shape index (κ2) is 6.36. The van der Waals surface area contributed by atoms with E-state index in [0.29, 0.717) is 0 Å². The van der Waals surface area contributed by atoms with E-state index in [0.717, 1.165) is 29.1 Å². The van der Waals surface area contributed by atoms with Gasteiger partial charge in [-0.05, 0) is 36.2 Å². The fourth-order valence-corrected chi connectivity index (χ4v) is 2.27. The van der Waals surface area contributed by atoms with Gasteiger partial charge in [0.05, 0.1) is 12.7 Å². The van der Waals surface area contributed by atoms with Crippen molar-refractivity contribution >= 4 is 27.5 Å². The number of hydrogen-bond donors (Lipinski definition) is 1. The van der Waals surface area contributed by atoms with Crippen LogP contribution in [0.3, 0.4) is 0 Å². The summed E-state index contributed by atoms with van der Waals surface area (Å²) >= 11 is 9.48. The molecule has 3 nitrogen and oxygen atoms in total. The van der Waals surface area contributed by atoms with Crippen LogP contribution in [0.15, 0.2) is 35.1 Å². The van der Waals surface area contributed by atoms with Gasteiger partial charge in [-0.1, -0.05) is 27.5 Å². The van der Waals surface area contributed by atoms with Crippen molar-refractivity contribution in [3.63, 3.8) is 0 Å². The lowest BCUT2D eigenvalue weighted by molar-refractivity contribution is 0.554. The minimum absolute atomic E-state index is 0.762. The van der Waals surface area contributed by atoms with Gasteiger partial charge >= 0.3 is 0 Å². The Balaban J connectivity index is 1.80. The van der Waals surface area contributed by atoms with Gasteiger partial charge < -0.3 is 5.32 Å². The smallest absolute Gasteiger partial charge is 0.0534 e. The van der Waals surface area contributed by atoms with E-state index in [9.17, 15) is 0 Å². The lowest BCUT2D eigenvalue weighted by atomic mass is 10.2. The molecule has 0 fully saturated rings. The molecule has 2 rings (SSSR count). The maximum atomic E-state index is 5.97. The zero-order valence-electron chi connectivity index (χ0n) is 10.2. The third-order valence-corrected chi connectivity index (χ3v) is 3.61. The molecule has 1 aromatic carbocycles. The topological polar surface area (TPSA) is 29.9 Å². The molecule has 0 aliphatic carbocycles. The van der Waals surface area contributed by atoms with Crippen LogP contribution in [-0.4, -0.2) is 16.3 Å². The molecule has 18 heavy (non-hydrogen) atoms. The van der Waals surface area contributed by atoms with Gasteiger partial charge in [0.1, 0.15) is 0 Å². The van der Waals surface area contributed by atoms with Gasteiger partial charge in [0.15, 0.2) is 0 Å². The molecule has 0 saturated carbocycles. The summed E-state index contributed by atoms with van der Waals surface area (Å²) in [6, 6.07) is 5.81. The molecular weight excluding hydrogens is 314 g/mol. The van der Waals surface area contributed by atoms with Gasteiger partial charge in [-0.25, -0.2) is 0 Å². The molecule has 0 aliphatic rings. The van der Waals surface area contributed by atoms with Crippen molar-refractivity contribution in [3.05, 3.63) is 51.2 Å². The van der Waals surface area contributed by atoms with Crippen LogP contribution in [0, 0.1) is 6.92 Å². The monoisotopic (exact) mass is 327 g/mol. The standard InChI is InChI=1S/C13H15BrClN3/c1-10-7-17-18(9-10)5-4-16-8-11-6-12(15)2-3-13(11)14/h2-3,6-7,9,16H,4-5,8H2,1H3. The van der Waals surface area contributed by atoms with E-state index in [-0.39, 0.29) is 0 Å². The van der Waals surface area contributed by atoms with Crippen molar-refractivity contribution in [1.82, 2.24) is 15.1 Å². The van der Waals surface area contributed by atoms with Crippen molar-refractivity contribution in [1.29, 1.82) is 0 Å². The highest BCUT2D eigenvalue weighted by molar-refractivity contribution is 9.10. The van der Waals surface area contributed by atoms with Gasteiger partial charge in [-0.3, -0.25) is 4.68 Å². The summed E-state index contributed by atoms with van der Waals surface area (Å²) in [7, 11) is 0. The van der Waals surface area contributed by atoms with Crippen molar-refractivity contribution in [2.45, 2.75) is 20.0 Å². The summed E-state index contributed by atoms with van der Waals surface area (Å²) in [4.78, 5) is 0. The van der Waals surface area contributed by atoms with Gasteiger partial charge in [0.2, 0.25) is 0 Å². The van der Waals surface area contributed by atoms with E-state index in [4.69, 9.17) is 11.6 Å². The number of benzene rings is 1. The number of aryl methyl sites for hydroxylation is 1. The Kier molecular flexibility index (Phi) is 4.80. The van der Waals surface area contributed by atoms with Crippen molar-refractivity contribution in [2.75, 3.05) is 6.54 Å². The number of nitrogens with zero attached hydrogens (tertiary/aromatic N) is 2. The van der Waals surface area contributed by atoms with Crippen molar-refractivity contribution in [3.8, 4) is 0 Å². The Morgan fingerprint density at radius 1 is 1.44 bits per heavy atom. The third-order valence-electron chi connectivity index (χ3n) is 2.60. The second-order valence-corrected chi connectivity index (χ2v) is 5.48. The predicted molar refractivity (Wildman–Crippen MR) is 77.8 cm³/mol. The fraction of sp³-hybridized carbons (Fsp3) is 0.308. The lowest BCUT2D eigenvalue weighted by Gasteiger charge is -2.07. The zero-order valence-corrected chi connectivity index (χ0v) is 12.5. The number of halogens is 2. The highest BCUT2D eigenvalue weighted by Gasteiger charge is 2.00. The Morgan fingerprint density at radius 2 is 2.28 bits per heavy atom. The summed E-state index contributed by atoms with van der Waals surface area (Å²) in [5.41, 5.74) is 2.35. The van der Waals surface area contributed by atoms with Crippen LogP contribution in [0.5, 0.6) is 0 Å². The van der Waals surface area contributed by atoms with Crippen LogP contribution in [0.2, 0.25) is 5.02 Å². The van der Waals surface area contributed by atoms with E-state index in [1.165, 1.54) is 11.1 Å². The second-order valence-electron chi connectivity index (χ2n) is 4.19. The minimum atomic E-state index is 0.762. The molecule has 0 spiro atoms. The molecule has 0 radical (unpaired) electrons. The Hall–Kier alpha value is -0.840. The van der Waals surface area contributed by atoms with E-state index < -0.39 is 0 Å². The van der Waals surface area contributed by atoms with Crippen LogP contribution in [0.4, 0.5) is 0 Å². The van der Waals surface area contributed by atoms with E-state index in [1.54, 1.807) is 0 Å². The van der Waals surface area contributed by atoms with Crippen LogP contribution in [0.25, 0.3) is 0 Å². The van der Waals surface area contributed by atoms with E-state index >= 15 is 0 Å². The van der Waals surface area contributed by atoms with Gasteiger partial charge in [-0.15, -0.1) is 0 Å². The number of hydrogen-bond acceptors (Lipinski definition) is 2. The molecule has 0 amide bonds. The summed E-state index contributed by atoms with van der Waals surface area (Å²) in [6.07, 6.45) is 3.91. The normalized spacial score (nSPS) is 10.8. The largest absolute Gasteiger partial charge is 0.311 e. The first-order valence-corrected chi connectivity index (χ1v) is 6.96. The summed E-state index contributed by atoms with van der Waals surface area (Å²) < 4.78 is 3.02. The van der Waals surface area contributed by atoms with Crippen LogP contribution in [0.1, 0.15) is 11.1 Å². The van der Waals surface area contributed by atoms with E-state index in [1.807, 2.05) is 42.2 Å². The summed E-state index contributed by atoms with van der Waals surface area (Å²) in [5.74, 6) is 0. The van der Waals surface area contributed by atoms with Crippen molar-refractivity contribution in [2.24, 2.45) is 0 Å². The first kappa shape index (κ1) is 13.6. The summed E-state index contributed by atoms with van der Waals surface area (Å²) in [6.45, 7) is 4.58. The highest BCUT2D eigenvalue weighted by Crippen LogP contribution is 2.20. The van der Waals surface area contributed by atoms with Gasteiger partial charge in [-0.2, -0.15) is 5.10 Å². The molecule has 0 bridgehead atoms. The quantitative estimate of drug-likeness (QED) is 0.853. The average molecular weight is 329 g/mol. The van der Waals surface area contributed by atoms with Crippen LogP contribution >= 0.6 is 27.5 Å². The maximum absolute atomic E-state index is 5.97. The first-order chi connectivity index (χ1) is 8.65. The van der Waals surface area contributed by atoms with E-state index in [2.05, 4.69) is 26.3 Å². The first-order valence-electron chi connectivity index (χ1n) is 5.79. The molecule has 5 heteroatoms. The predicted octanol–water partition coefficient (Wildman–Crippen LogP) is 3.40. The molecule has 1 aromatic heterocycles. The maximum Gasteiger partial charge on any atom is 0.0534 e. The minimum Gasteiger partial charge on any atom is -0.311 e. The molecule has 0 unspecified atom stereocenters. The number of rotatable bonds is 5.